The number of hydrogen-bond donors (Lipinski definition) is 3. The van der Waals surface area contributed by atoms with Crippen molar-refractivity contribution < 1.29 is 10.2 Å². The fraction of sp³-hybridized carbons (Fsp3) is 0.789. The molecule has 0 saturated heterocycles. The minimum absolute atomic E-state index is 0.114. The van der Waals surface area contributed by atoms with E-state index in [2.05, 4.69) is 32.1 Å². The summed E-state index contributed by atoms with van der Waals surface area (Å²) in [4.78, 5) is 0. The molecule has 4 N–H and O–H groups in total. The van der Waals surface area contributed by atoms with Gasteiger partial charge in [-0.15, -0.1) is 0 Å². The summed E-state index contributed by atoms with van der Waals surface area (Å²) in [5.41, 5.74) is 6.59. The molecule has 0 amide bonds. The summed E-state index contributed by atoms with van der Waals surface area (Å²) in [7, 11) is 0. The van der Waals surface area contributed by atoms with E-state index in [0.717, 1.165) is 25.7 Å². The molecular formula is C19H29NO2. The van der Waals surface area contributed by atoms with Gasteiger partial charge in [-0.2, -0.15) is 0 Å². The molecule has 122 valence electrons. The summed E-state index contributed by atoms with van der Waals surface area (Å²) in [6.07, 6.45) is 12.0. The van der Waals surface area contributed by atoms with Gasteiger partial charge in [0.05, 0.1) is 12.2 Å². The number of nitrogens with two attached hydrogens (primary N) is 1. The number of rotatable bonds is 0. The molecule has 1 unspecified atom stereocenters. The summed E-state index contributed by atoms with van der Waals surface area (Å²) in [5.74, 6) is 1.60. The third-order valence-electron chi connectivity index (χ3n) is 7.77. The molecule has 2 saturated carbocycles. The summed E-state index contributed by atoms with van der Waals surface area (Å²) in [5, 5.41) is 20.9. The van der Waals surface area contributed by atoms with E-state index in [9.17, 15) is 10.2 Å². The second kappa shape index (κ2) is 4.68. The lowest BCUT2D eigenvalue weighted by Crippen LogP contribution is -2.58. The molecule has 0 aromatic heterocycles. The van der Waals surface area contributed by atoms with Gasteiger partial charge in [-0.1, -0.05) is 38.2 Å². The van der Waals surface area contributed by atoms with E-state index < -0.39 is 0 Å². The van der Waals surface area contributed by atoms with E-state index in [1.807, 2.05) is 6.08 Å². The number of hydrogen-bond acceptors (Lipinski definition) is 3. The van der Waals surface area contributed by atoms with Crippen LogP contribution in [0.4, 0.5) is 0 Å². The average Bonchev–Trinajstić information content (AvgIpc) is 2.77. The molecule has 3 heteroatoms. The van der Waals surface area contributed by atoms with Crippen molar-refractivity contribution >= 4 is 0 Å². The van der Waals surface area contributed by atoms with Crippen LogP contribution in [-0.4, -0.2) is 28.5 Å². The molecule has 4 aliphatic carbocycles. The Labute approximate surface area is 133 Å². The smallest absolute Gasteiger partial charge is 0.0724 e. The second-order valence-electron chi connectivity index (χ2n) is 8.69. The van der Waals surface area contributed by atoms with Crippen LogP contribution >= 0.6 is 0 Å². The number of allylic oxidation sites excluding steroid dienone is 2. The fourth-order valence-corrected chi connectivity index (χ4v) is 6.25. The third-order valence-corrected chi connectivity index (χ3v) is 7.77. The van der Waals surface area contributed by atoms with Gasteiger partial charge in [0.2, 0.25) is 0 Å². The first kappa shape index (κ1) is 14.9. The summed E-state index contributed by atoms with van der Waals surface area (Å²) in [6.45, 7) is 4.66. The van der Waals surface area contributed by atoms with Gasteiger partial charge >= 0.3 is 0 Å². The molecule has 0 spiro atoms. The highest BCUT2D eigenvalue weighted by Crippen LogP contribution is 2.63. The standard InChI is InChI=1S/C19H29NO2/c1-18-7-5-12(21)9-11(18)10-15(22)17-13-3-4-16(20)19(13,2)8-6-14(17)18/h3-5,7,11-17,21-22H,6,8-10,20H2,1-2H3/t11?,12-,13-,14-,15-,16-,17-,18-,19-/m0/s1. The van der Waals surface area contributed by atoms with Crippen molar-refractivity contribution in [3.05, 3.63) is 24.3 Å². The van der Waals surface area contributed by atoms with Crippen molar-refractivity contribution in [1.82, 2.24) is 0 Å². The first-order chi connectivity index (χ1) is 10.4. The maximum atomic E-state index is 10.9. The van der Waals surface area contributed by atoms with Crippen LogP contribution in [0.5, 0.6) is 0 Å². The Bertz CT molecular complexity index is 530. The van der Waals surface area contributed by atoms with Crippen molar-refractivity contribution in [2.75, 3.05) is 0 Å². The monoisotopic (exact) mass is 303 g/mol. The molecule has 0 aromatic rings. The Kier molecular flexibility index (Phi) is 3.18. The Morgan fingerprint density at radius 2 is 1.86 bits per heavy atom. The minimum Gasteiger partial charge on any atom is -0.393 e. The second-order valence-corrected chi connectivity index (χ2v) is 8.69. The van der Waals surface area contributed by atoms with Crippen LogP contribution in [0.3, 0.4) is 0 Å². The van der Waals surface area contributed by atoms with Crippen molar-refractivity contribution in [2.45, 2.75) is 57.8 Å². The van der Waals surface area contributed by atoms with Gasteiger partial charge in [-0.05, 0) is 60.2 Å². The number of fused-ring (bicyclic) bond motifs is 5. The SMILES string of the molecule is C[C@]12CC[C@H]3[C@@H]([C@@H](O)CC4C[C@@H](O)C=C[C@@]43C)[C@@H]1C=C[C@@H]2N. The van der Waals surface area contributed by atoms with Crippen molar-refractivity contribution in [3.8, 4) is 0 Å². The van der Waals surface area contributed by atoms with E-state index in [0.29, 0.717) is 23.7 Å². The molecule has 4 rings (SSSR count). The van der Waals surface area contributed by atoms with E-state index in [4.69, 9.17) is 5.73 Å². The van der Waals surface area contributed by atoms with Gasteiger partial charge in [-0.3, -0.25) is 0 Å². The molecule has 22 heavy (non-hydrogen) atoms. The first-order valence-corrected chi connectivity index (χ1v) is 8.85. The normalized spacial score (nSPS) is 59.8. The molecule has 0 heterocycles. The van der Waals surface area contributed by atoms with Crippen LogP contribution in [0.1, 0.15) is 39.5 Å². The van der Waals surface area contributed by atoms with Gasteiger partial charge in [0.25, 0.3) is 0 Å². The van der Waals surface area contributed by atoms with Gasteiger partial charge in [0.1, 0.15) is 0 Å². The zero-order valence-electron chi connectivity index (χ0n) is 13.7. The van der Waals surface area contributed by atoms with Crippen LogP contribution in [0, 0.1) is 34.5 Å². The molecule has 9 atom stereocenters. The number of aliphatic hydroxyl groups excluding tert-OH is 2. The predicted octanol–water partition coefficient (Wildman–Crippen LogP) is 2.24. The van der Waals surface area contributed by atoms with Crippen LogP contribution < -0.4 is 5.73 Å². The van der Waals surface area contributed by atoms with Gasteiger partial charge < -0.3 is 15.9 Å². The molecule has 3 nitrogen and oxygen atoms in total. The molecule has 2 fully saturated rings. The molecular weight excluding hydrogens is 274 g/mol. The summed E-state index contributed by atoms with van der Waals surface area (Å²) < 4.78 is 0. The Morgan fingerprint density at radius 1 is 1.09 bits per heavy atom. The lowest BCUT2D eigenvalue weighted by molar-refractivity contribution is -0.132. The highest BCUT2D eigenvalue weighted by atomic mass is 16.3. The number of aliphatic hydroxyl groups is 2. The molecule has 0 aromatic carbocycles. The minimum atomic E-state index is -0.338. The predicted molar refractivity (Wildman–Crippen MR) is 86.9 cm³/mol. The molecule has 4 aliphatic rings. The maximum Gasteiger partial charge on any atom is 0.0724 e. The van der Waals surface area contributed by atoms with E-state index in [1.165, 1.54) is 0 Å². The average molecular weight is 303 g/mol. The van der Waals surface area contributed by atoms with E-state index in [1.54, 1.807) is 0 Å². The molecule has 0 aliphatic heterocycles. The lowest BCUT2D eigenvalue weighted by Gasteiger charge is -2.60. The van der Waals surface area contributed by atoms with Gasteiger partial charge in [0, 0.05) is 6.04 Å². The lowest BCUT2D eigenvalue weighted by atomic mass is 9.45. The van der Waals surface area contributed by atoms with E-state index >= 15 is 0 Å². The highest BCUT2D eigenvalue weighted by Gasteiger charge is 2.60. The van der Waals surface area contributed by atoms with Crippen molar-refractivity contribution in [2.24, 2.45) is 40.2 Å². The highest BCUT2D eigenvalue weighted by molar-refractivity contribution is 5.24. The van der Waals surface area contributed by atoms with Crippen LogP contribution in [-0.2, 0) is 0 Å². The summed E-state index contributed by atoms with van der Waals surface area (Å²) in [6, 6.07) is 0.125. The summed E-state index contributed by atoms with van der Waals surface area (Å²) >= 11 is 0. The van der Waals surface area contributed by atoms with Gasteiger partial charge in [-0.25, -0.2) is 0 Å². The van der Waals surface area contributed by atoms with Crippen molar-refractivity contribution in [1.29, 1.82) is 0 Å². The van der Waals surface area contributed by atoms with Crippen LogP contribution in [0.15, 0.2) is 24.3 Å². The Balaban J connectivity index is 1.73. The quantitative estimate of drug-likeness (QED) is 0.601. The maximum absolute atomic E-state index is 10.9. The topological polar surface area (TPSA) is 66.5 Å². The zero-order chi connectivity index (χ0) is 15.7. The van der Waals surface area contributed by atoms with Crippen LogP contribution in [0.2, 0.25) is 0 Å². The fourth-order valence-electron chi connectivity index (χ4n) is 6.25. The van der Waals surface area contributed by atoms with E-state index in [-0.39, 0.29) is 29.1 Å². The molecule has 0 radical (unpaired) electrons. The first-order valence-electron chi connectivity index (χ1n) is 8.85. The van der Waals surface area contributed by atoms with Crippen molar-refractivity contribution in [3.63, 3.8) is 0 Å². The largest absolute Gasteiger partial charge is 0.393 e. The Hall–Kier alpha value is -0.640. The van der Waals surface area contributed by atoms with Crippen LogP contribution in [0.25, 0.3) is 0 Å². The Morgan fingerprint density at radius 3 is 2.64 bits per heavy atom. The molecule has 0 bridgehead atoms. The van der Waals surface area contributed by atoms with Gasteiger partial charge in [0.15, 0.2) is 0 Å². The zero-order valence-corrected chi connectivity index (χ0v) is 13.7. The third kappa shape index (κ3) is 1.79.